The van der Waals surface area contributed by atoms with E-state index >= 15 is 0 Å². The van der Waals surface area contributed by atoms with Crippen LogP contribution in [0.25, 0.3) is 0 Å². The van der Waals surface area contributed by atoms with Crippen LogP contribution in [-0.2, 0) is 29.9 Å². The maximum atomic E-state index is 13.4. The van der Waals surface area contributed by atoms with E-state index in [-0.39, 0.29) is 29.4 Å². The van der Waals surface area contributed by atoms with Crippen LogP contribution in [0.1, 0.15) is 68.1 Å². The lowest BCUT2D eigenvalue weighted by Crippen LogP contribution is -2.26. The average molecular weight is 480 g/mol. The monoisotopic (exact) mass is 479 g/mol. The number of hydrogen-bond acceptors (Lipinski definition) is 3. The van der Waals surface area contributed by atoms with E-state index in [2.05, 4.69) is 25.8 Å². The molecule has 6 nitrogen and oxygen atoms in total. The maximum absolute atomic E-state index is 13.4. The number of amides is 1. The number of halogens is 3. The van der Waals surface area contributed by atoms with E-state index in [1.807, 2.05) is 22.5 Å². The summed E-state index contributed by atoms with van der Waals surface area (Å²) in [6.07, 6.45) is -0.759. The molecule has 0 spiro atoms. The Morgan fingerprint density at radius 1 is 1.18 bits per heavy atom. The number of nitrogens with zero attached hydrogens (tertiary/aromatic N) is 3. The molecule has 9 heteroatoms. The first-order valence-electron chi connectivity index (χ1n) is 11.8. The van der Waals surface area contributed by atoms with Crippen LogP contribution < -0.4 is 10.2 Å². The second kappa shape index (κ2) is 9.24. The highest BCUT2D eigenvalue weighted by Gasteiger charge is 2.32. The molecule has 1 aromatic heterocycles. The van der Waals surface area contributed by atoms with E-state index in [0.29, 0.717) is 24.6 Å². The zero-order valence-electron chi connectivity index (χ0n) is 20.1. The Labute approximate surface area is 197 Å². The lowest BCUT2D eigenvalue weighted by atomic mass is 9.92. The Morgan fingerprint density at radius 2 is 1.91 bits per heavy atom. The molecule has 34 heavy (non-hydrogen) atoms. The predicted octanol–water partition coefficient (Wildman–Crippen LogP) is 4.85. The number of ether oxygens (including phenoxy) is 2. The molecule has 2 fully saturated rings. The Hall–Kier alpha value is -2.55. The maximum Gasteiger partial charge on any atom is 0.416 e. The number of alkyl halides is 3. The first-order valence-corrected chi connectivity index (χ1v) is 11.8. The van der Waals surface area contributed by atoms with Gasteiger partial charge in [-0.05, 0) is 49.8 Å². The van der Waals surface area contributed by atoms with Crippen LogP contribution in [-0.4, -0.2) is 34.6 Å². The zero-order valence-corrected chi connectivity index (χ0v) is 20.1. The summed E-state index contributed by atoms with van der Waals surface area (Å²) in [7, 11) is 1.92. The molecule has 0 N–H and O–H groups in total. The molecule has 2 heterocycles. The number of benzene rings is 1. The predicted molar refractivity (Wildman–Crippen MR) is 121 cm³/mol. The van der Waals surface area contributed by atoms with Crippen LogP contribution in [0.15, 0.2) is 29.3 Å². The standard InChI is InChI=1S/C25H32F3N3O3/c1-24(2,3)21-13-22(31(30(21)4)14-16-7-8-16)29-23(32)19-12-17(25(26,27)28)9-10-20(19)34-15-18-6-5-11-33-18/h9-10,12-13,16,18H,5-8,11,14-15H2,1-4H3/t18-/m0/s1. The minimum Gasteiger partial charge on any atom is -0.490 e. The van der Waals surface area contributed by atoms with Gasteiger partial charge >= 0.3 is 6.18 Å². The molecule has 2 aliphatic rings. The van der Waals surface area contributed by atoms with Gasteiger partial charge in [-0.1, -0.05) is 20.8 Å². The van der Waals surface area contributed by atoms with Gasteiger partial charge < -0.3 is 9.47 Å². The second-order valence-electron chi connectivity index (χ2n) is 10.3. The summed E-state index contributed by atoms with van der Waals surface area (Å²) in [5, 5.41) is 0. The summed E-state index contributed by atoms with van der Waals surface area (Å²) in [5.74, 6) is -0.156. The normalized spacial score (nSPS) is 19.6. The van der Waals surface area contributed by atoms with Crippen LogP contribution in [0.5, 0.6) is 5.75 Å². The second-order valence-corrected chi connectivity index (χ2v) is 10.3. The fraction of sp³-hybridized carbons (Fsp3) is 0.600. The molecule has 0 bridgehead atoms. The van der Waals surface area contributed by atoms with Gasteiger partial charge in [0.1, 0.15) is 12.4 Å². The SMILES string of the molecule is Cn1c(C(C)(C)C)cc(=NC(=O)c2cc(C(F)(F)F)ccc2OC[C@@H]2CCCO2)n1CC1CC1. The van der Waals surface area contributed by atoms with E-state index < -0.39 is 17.6 Å². The third kappa shape index (κ3) is 5.56. The van der Waals surface area contributed by atoms with Crippen molar-refractivity contribution in [2.75, 3.05) is 13.2 Å². The van der Waals surface area contributed by atoms with E-state index in [9.17, 15) is 18.0 Å². The Balaban J connectivity index is 1.73. The number of carbonyl (C=O) groups is 1. The minimum atomic E-state index is -4.58. The molecule has 1 atom stereocenters. The first kappa shape index (κ1) is 24.6. The number of carbonyl (C=O) groups excluding carboxylic acids is 1. The van der Waals surface area contributed by atoms with Crippen LogP contribution >= 0.6 is 0 Å². The molecular formula is C25H32F3N3O3. The van der Waals surface area contributed by atoms with Crippen molar-refractivity contribution in [3.63, 3.8) is 0 Å². The summed E-state index contributed by atoms with van der Waals surface area (Å²) >= 11 is 0. The third-order valence-corrected chi connectivity index (χ3v) is 6.34. The molecular weight excluding hydrogens is 447 g/mol. The van der Waals surface area contributed by atoms with Gasteiger partial charge in [0, 0.05) is 37.4 Å². The van der Waals surface area contributed by atoms with Gasteiger partial charge in [-0.15, -0.1) is 0 Å². The van der Waals surface area contributed by atoms with Crippen LogP contribution in [0.4, 0.5) is 13.2 Å². The first-order chi connectivity index (χ1) is 15.9. The summed E-state index contributed by atoms with van der Waals surface area (Å²) in [5.41, 5.74) is 0.116. The number of rotatable bonds is 6. The fourth-order valence-corrected chi connectivity index (χ4v) is 4.25. The van der Waals surface area contributed by atoms with Crippen molar-refractivity contribution < 1.29 is 27.4 Å². The van der Waals surface area contributed by atoms with Crippen LogP contribution in [0.2, 0.25) is 0 Å². The van der Waals surface area contributed by atoms with E-state index in [1.54, 1.807) is 0 Å². The van der Waals surface area contributed by atoms with E-state index in [0.717, 1.165) is 43.5 Å². The molecule has 1 aliphatic carbocycles. The van der Waals surface area contributed by atoms with Gasteiger partial charge in [0.05, 0.1) is 17.2 Å². The van der Waals surface area contributed by atoms with Gasteiger partial charge in [-0.2, -0.15) is 18.2 Å². The molecule has 0 unspecified atom stereocenters. The Morgan fingerprint density at radius 3 is 2.50 bits per heavy atom. The van der Waals surface area contributed by atoms with Crippen molar-refractivity contribution in [2.24, 2.45) is 18.0 Å². The van der Waals surface area contributed by atoms with Crippen molar-refractivity contribution in [1.82, 2.24) is 9.36 Å². The summed E-state index contributed by atoms with van der Waals surface area (Å²) < 4.78 is 55.5. The number of aromatic nitrogens is 2. The lowest BCUT2D eigenvalue weighted by molar-refractivity contribution is -0.137. The van der Waals surface area contributed by atoms with Gasteiger partial charge in [0.15, 0.2) is 5.49 Å². The molecule has 1 saturated carbocycles. The lowest BCUT2D eigenvalue weighted by Gasteiger charge is -2.20. The molecule has 1 aliphatic heterocycles. The summed E-state index contributed by atoms with van der Waals surface area (Å²) in [6, 6.07) is 4.80. The molecule has 4 rings (SSSR count). The fourth-order valence-electron chi connectivity index (χ4n) is 4.25. The van der Waals surface area contributed by atoms with Gasteiger partial charge in [0.2, 0.25) is 0 Å². The highest BCUT2D eigenvalue weighted by Crippen LogP contribution is 2.34. The summed E-state index contributed by atoms with van der Waals surface area (Å²) in [6.45, 7) is 7.72. The molecule has 186 valence electrons. The van der Waals surface area contributed by atoms with Gasteiger partial charge in [-0.3, -0.25) is 14.2 Å². The zero-order chi connectivity index (χ0) is 24.7. The van der Waals surface area contributed by atoms with Crippen LogP contribution in [0.3, 0.4) is 0 Å². The molecule has 1 amide bonds. The third-order valence-electron chi connectivity index (χ3n) is 6.34. The quantitative estimate of drug-likeness (QED) is 0.595. The smallest absolute Gasteiger partial charge is 0.416 e. The van der Waals surface area contributed by atoms with Gasteiger partial charge in [-0.25, -0.2) is 0 Å². The van der Waals surface area contributed by atoms with E-state index in [1.165, 1.54) is 6.07 Å². The molecule has 0 radical (unpaired) electrons. The van der Waals surface area contributed by atoms with Crippen molar-refractivity contribution in [3.05, 3.63) is 46.6 Å². The Kier molecular flexibility index (Phi) is 6.68. The van der Waals surface area contributed by atoms with Gasteiger partial charge in [0.25, 0.3) is 5.91 Å². The minimum absolute atomic E-state index is 0.0815. The average Bonchev–Trinajstić information content (AvgIpc) is 3.31. The number of hydrogen-bond donors (Lipinski definition) is 0. The molecule has 1 saturated heterocycles. The Bertz CT molecular complexity index is 1120. The van der Waals surface area contributed by atoms with Crippen molar-refractivity contribution >= 4 is 5.91 Å². The van der Waals surface area contributed by atoms with Crippen molar-refractivity contribution in [1.29, 1.82) is 0 Å². The summed E-state index contributed by atoms with van der Waals surface area (Å²) in [4.78, 5) is 17.6. The molecule has 2 aromatic rings. The van der Waals surface area contributed by atoms with Crippen molar-refractivity contribution in [2.45, 2.75) is 70.7 Å². The largest absolute Gasteiger partial charge is 0.490 e. The highest BCUT2D eigenvalue weighted by atomic mass is 19.4. The highest BCUT2D eigenvalue weighted by molar-refractivity contribution is 5.97. The van der Waals surface area contributed by atoms with Crippen molar-refractivity contribution in [3.8, 4) is 5.75 Å². The topological polar surface area (TPSA) is 57.8 Å². The van der Waals surface area contributed by atoms with Crippen LogP contribution in [0, 0.1) is 5.92 Å². The van der Waals surface area contributed by atoms with E-state index in [4.69, 9.17) is 9.47 Å². The molecule has 1 aromatic carbocycles.